The van der Waals surface area contributed by atoms with Crippen molar-refractivity contribution in [1.82, 2.24) is 14.7 Å². The van der Waals surface area contributed by atoms with E-state index in [1.54, 1.807) is 13.2 Å². The highest BCUT2D eigenvalue weighted by molar-refractivity contribution is 6.32. The Hall–Kier alpha value is -1.03. The molecule has 0 saturated carbocycles. The molecule has 1 amide bonds. The quantitative estimate of drug-likeness (QED) is 0.772. The van der Waals surface area contributed by atoms with Gasteiger partial charge in [0.15, 0.2) is 0 Å². The van der Waals surface area contributed by atoms with Crippen LogP contribution in [0.3, 0.4) is 0 Å². The lowest BCUT2D eigenvalue weighted by Gasteiger charge is -2.34. The van der Waals surface area contributed by atoms with Crippen LogP contribution in [0.2, 0.25) is 5.15 Å². The van der Waals surface area contributed by atoms with Crippen molar-refractivity contribution in [2.45, 2.75) is 20.3 Å². The van der Waals surface area contributed by atoms with Crippen molar-refractivity contribution in [2.75, 3.05) is 13.1 Å². The number of aromatic nitrogens is 2. The minimum Gasteiger partial charge on any atom is -0.338 e. The molecule has 0 radical (unpaired) electrons. The Balaban J connectivity index is 2.17. The highest BCUT2D eigenvalue weighted by Crippen LogP contribution is 2.24. The first-order valence-corrected chi connectivity index (χ1v) is 6.33. The standard InChI is InChI=1S/C12H18ClN3O/c1-8-4-9(2)7-16(6-8)12(17)10-5-14-15(3)11(10)13/h5,8-9H,4,6-7H2,1-3H3. The first kappa shape index (κ1) is 12.4. The zero-order valence-electron chi connectivity index (χ0n) is 10.5. The van der Waals surface area contributed by atoms with Crippen molar-refractivity contribution in [3.8, 4) is 0 Å². The number of carbonyl (C=O) groups is 1. The van der Waals surface area contributed by atoms with E-state index in [-0.39, 0.29) is 5.91 Å². The van der Waals surface area contributed by atoms with Crippen LogP contribution in [0.4, 0.5) is 0 Å². The van der Waals surface area contributed by atoms with Gasteiger partial charge in [0.05, 0.1) is 11.8 Å². The van der Waals surface area contributed by atoms with E-state index in [0.29, 0.717) is 22.6 Å². The SMILES string of the molecule is CC1CC(C)CN(C(=O)c2cnn(C)c2Cl)C1. The summed E-state index contributed by atoms with van der Waals surface area (Å²) in [6, 6.07) is 0. The molecule has 1 aromatic rings. The van der Waals surface area contributed by atoms with Gasteiger partial charge in [-0.2, -0.15) is 5.10 Å². The number of nitrogens with zero attached hydrogens (tertiary/aromatic N) is 3. The van der Waals surface area contributed by atoms with E-state index >= 15 is 0 Å². The minimum absolute atomic E-state index is 0.00139. The molecule has 1 fully saturated rings. The molecule has 0 aromatic carbocycles. The van der Waals surface area contributed by atoms with Crippen LogP contribution >= 0.6 is 11.6 Å². The highest BCUT2D eigenvalue weighted by atomic mass is 35.5. The third-order valence-corrected chi connectivity index (χ3v) is 3.70. The number of halogens is 1. The lowest BCUT2D eigenvalue weighted by molar-refractivity contribution is 0.0623. The van der Waals surface area contributed by atoms with E-state index in [1.807, 2.05) is 4.90 Å². The molecule has 5 heteroatoms. The molecule has 0 aliphatic carbocycles. The summed E-state index contributed by atoms with van der Waals surface area (Å²) in [5.74, 6) is 1.11. The average molecular weight is 256 g/mol. The normalized spacial score (nSPS) is 25.1. The second-order valence-corrected chi connectivity index (χ2v) is 5.49. The lowest BCUT2D eigenvalue weighted by atomic mass is 9.91. The molecule has 1 aliphatic heterocycles. The van der Waals surface area contributed by atoms with Gasteiger partial charge in [0.25, 0.3) is 5.91 Å². The van der Waals surface area contributed by atoms with Crippen molar-refractivity contribution in [2.24, 2.45) is 18.9 Å². The van der Waals surface area contributed by atoms with Crippen LogP contribution in [0.1, 0.15) is 30.6 Å². The third-order valence-electron chi connectivity index (χ3n) is 3.25. The fraction of sp³-hybridized carbons (Fsp3) is 0.667. The van der Waals surface area contributed by atoms with Gasteiger partial charge < -0.3 is 4.90 Å². The molecule has 4 nitrogen and oxygen atoms in total. The molecule has 0 spiro atoms. The second-order valence-electron chi connectivity index (χ2n) is 5.13. The van der Waals surface area contributed by atoms with Gasteiger partial charge in [-0.15, -0.1) is 0 Å². The Morgan fingerprint density at radius 1 is 1.41 bits per heavy atom. The van der Waals surface area contributed by atoms with Gasteiger partial charge in [0.2, 0.25) is 0 Å². The number of likely N-dealkylation sites (tertiary alicyclic amines) is 1. The van der Waals surface area contributed by atoms with Gasteiger partial charge in [0.1, 0.15) is 5.15 Å². The number of piperidine rings is 1. The van der Waals surface area contributed by atoms with Gasteiger partial charge >= 0.3 is 0 Å². The van der Waals surface area contributed by atoms with Crippen LogP contribution in [-0.2, 0) is 7.05 Å². The van der Waals surface area contributed by atoms with Crippen molar-refractivity contribution >= 4 is 17.5 Å². The summed E-state index contributed by atoms with van der Waals surface area (Å²) < 4.78 is 1.52. The smallest absolute Gasteiger partial charge is 0.258 e. The summed E-state index contributed by atoms with van der Waals surface area (Å²) in [6.07, 6.45) is 2.74. The number of aryl methyl sites for hydroxylation is 1. The summed E-state index contributed by atoms with van der Waals surface area (Å²) in [6.45, 7) is 5.99. The van der Waals surface area contributed by atoms with Gasteiger partial charge in [-0.25, -0.2) is 0 Å². The molecule has 0 bridgehead atoms. The van der Waals surface area contributed by atoms with Crippen molar-refractivity contribution in [1.29, 1.82) is 0 Å². The summed E-state index contributed by atoms with van der Waals surface area (Å²) in [5, 5.41) is 4.42. The van der Waals surface area contributed by atoms with Crippen LogP contribution in [0.25, 0.3) is 0 Å². The summed E-state index contributed by atoms with van der Waals surface area (Å²) in [5.41, 5.74) is 0.510. The Bertz CT molecular complexity index is 419. The maximum Gasteiger partial charge on any atom is 0.258 e. The molecule has 1 aromatic heterocycles. The number of hydrogen-bond donors (Lipinski definition) is 0. The van der Waals surface area contributed by atoms with E-state index in [1.165, 1.54) is 11.1 Å². The maximum absolute atomic E-state index is 12.3. The van der Waals surface area contributed by atoms with Crippen LogP contribution in [0.15, 0.2) is 6.20 Å². The second kappa shape index (κ2) is 4.69. The highest BCUT2D eigenvalue weighted by Gasteiger charge is 2.28. The van der Waals surface area contributed by atoms with E-state index in [9.17, 15) is 4.79 Å². The average Bonchev–Trinajstić information content (AvgIpc) is 2.57. The third kappa shape index (κ3) is 2.46. The van der Waals surface area contributed by atoms with Crippen LogP contribution < -0.4 is 0 Å². The van der Waals surface area contributed by atoms with E-state index in [2.05, 4.69) is 18.9 Å². The van der Waals surface area contributed by atoms with Crippen molar-refractivity contribution < 1.29 is 4.79 Å². The minimum atomic E-state index is 0.00139. The molecule has 2 rings (SSSR count). The number of amides is 1. The van der Waals surface area contributed by atoms with Gasteiger partial charge in [-0.05, 0) is 18.3 Å². The lowest BCUT2D eigenvalue weighted by Crippen LogP contribution is -2.42. The van der Waals surface area contributed by atoms with Crippen LogP contribution in [0.5, 0.6) is 0 Å². The predicted octanol–water partition coefficient (Wildman–Crippen LogP) is 2.19. The van der Waals surface area contributed by atoms with Gasteiger partial charge in [-0.1, -0.05) is 25.4 Å². The zero-order valence-corrected chi connectivity index (χ0v) is 11.2. The summed E-state index contributed by atoms with van der Waals surface area (Å²) in [7, 11) is 1.74. The predicted molar refractivity (Wildman–Crippen MR) is 67.1 cm³/mol. The Kier molecular flexibility index (Phi) is 3.43. The first-order valence-electron chi connectivity index (χ1n) is 5.95. The molecular weight excluding hydrogens is 238 g/mol. The molecule has 2 unspecified atom stereocenters. The Morgan fingerprint density at radius 2 is 2.00 bits per heavy atom. The molecule has 1 saturated heterocycles. The molecule has 2 heterocycles. The van der Waals surface area contributed by atoms with Gasteiger partial charge in [-0.3, -0.25) is 9.48 Å². The van der Waals surface area contributed by atoms with E-state index in [4.69, 9.17) is 11.6 Å². The molecule has 1 aliphatic rings. The molecular formula is C12H18ClN3O. The van der Waals surface area contributed by atoms with Crippen molar-refractivity contribution in [3.05, 3.63) is 16.9 Å². The first-order chi connectivity index (χ1) is 7.99. The monoisotopic (exact) mass is 255 g/mol. The summed E-state index contributed by atoms with van der Waals surface area (Å²) in [4.78, 5) is 14.2. The molecule has 2 atom stereocenters. The number of hydrogen-bond acceptors (Lipinski definition) is 2. The zero-order chi connectivity index (χ0) is 12.6. The molecule has 0 N–H and O–H groups in total. The fourth-order valence-electron chi connectivity index (χ4n) is 2.57. The van der Waals surface area contributed by atoms with Crippen LogP contribution in [-0.4, -0.2) is 33.7 Å². The number of carbonyl (C=O) groups excluding carboxylic acids is 1. The number of rotatable bonds is 1. The Labute approximate surface area is 107 Å². The molecule has 17 heavy (non-hydrogen) atoms. The Morgan fingerprint density at radius 3 is 2.47 bits per heavy atom. The molecule has 94 valence electrons. The van der Waals surface area contributed by atoms with Gasteiger partial charge in [0, 0.05) is 20.1 Å². The van der Waals surface area contributed by atoms with Crippen LogP contribution in [0, 0.1) is 11.8 Å². The van der Waals surface area contributed by atoms with E-state index < -0.39 is 0 Å². The summed E-state index contributed by atoms with van der Waals surface area (Å²) >= 11 is 6.05. The van der Waals surface area contributed by atoms with E-state index in [0.717, 1.165) is 13.1 Å². The maximum atomic E-state index is 12.3. The fourth-order valence-corrected chi connectivity index (χ4v) is 2.74. The van der Waals surface area contributed by atoms with Crippen molar-refractivity contribution in [3.63, 3.8) is 0 Å². The topological polar surface area (TPSA) is 38.1 Å². The largest absolute Gasteiger partial charge is 0.338 e.